The van der Waals surface area contributed by atoms with Crippen LogP contribution in [0.4, 0.5) is 5.69 Å². The molecule has 1 N–H and O–H groups in total. The van der Waals surface area contributed by atoms with Crippen LogP contribution in [0.3, 0.4) is 0 Å². The van der Waals surface area contributed by atoms with Gasteiger partial charge in [-0.3, -0.25) is 9.79 Å². The fourth-order valence-electron chi connectivity index (χ4n) is 4.00. The lowest BCUT2D eigenvalue weighted by Gasteiger charge is -2.26. The summed E-state index contributed by atoms with van der Waals surface area (Å²) in [5.41, 5.74) is 3.88. The number of para-hydroxylation sites is 1. The Labute approximate surface area is 192 Å². The number of rotatable bonds is 5. The Balaban J connectivity index is 1.47. The Hall–Kier alpha value is -2.03. The Morgan fingerprint density at radius 1 is 1.16 bits per heavy atom. The largest absolute Gasteiger partial charge is 0.341 e. The number of nitrogens with one attached hydrogen (secondary N) is 1. The first-order valence-corrected chi connectivity index (χ1v) is 13.2. The first kappa shape index (κ1) is 22.2. The highest BCUT2D eigenvalue weighted by Crippen LogP contribution is 2.32. The van der Waals surface area contributed by atoms with Crippen molar-refractivity contribution in [3.63, 3.8) is 0 Å². The molecule has 164 valence electrons. The number of carbonyl (C=O) groups excluding carboxylic acids is 1. The second-order valence-corrected chi connectivity index (χ2v) is 11.5. The summed E-state index contributed by atoms with van der Waals surface area (Å²) in [6.07, 6.45) is 0. The predicted octanol–water partition coefficient (Wildman–Crippen LogP) is 3.67. The summed E-state index contributed by atoms with van der Waals surface area (Å²) < 4.78 is 24.3. The molecule has 0 radical (unpaired) electrons. The number of anilines is 1. The summed E-state index contributed by atoms with van der Waals surface area (Å²) in [6, 6.07) is 12.9. The number of benzene rings is 2. The van der Waals surface area contributed by atoms with Gasteiger partial charge in [0, 0.05) is 17.3 Å². The van der Waals surface area contributed by atoms with Crippen molar-refractivity contribution in [2.45, 2.75) is 32.5 Å². The van der Waals surface area contributed by atoms with E-state index in [2.05, 4.69) is 10.3 Å². The van der Waals surface area contributed by atoms with Gasteiger partial charge in [0.1, 0.15) is 0 Å². The molecule has 1 saturated heterocycles. The minimum absolute atomic E-state index is 0.0629. The highest BCUT2D eigenvalue weighted by atomic mass is 35.5. The number of aryl methyl sites for hydroxylation is 2. The van der Waals surface area contributed by atoms with Gasteiger partial charge in [-0.2, -0.15) is 0 Å². The van der Waals surface area contributed by atoms with Crippen molar-refractivity contribution in [1.29, 1.82) is 0 Å². The number of aliphatic imine (C=N–C) groups is 1. The molecule has 2 aliphatic rings. The molecule has 0 spiro atoms. The molecule has 31 heavy (non-hydrogen) atoms. The molecule has 2 heterocycles. The van der Waals surface area contributed by atoms with Gasteiger partial charge in [-0.25, -0.2) is 8.42 Å². The lowest BCUT2D eigenvalue weighted by Crippen LogP contribution is -2.38. The quantitative estimate of drug-likeness (QED) is 0.710. The summed E-state index contributed by atoms with van der Waals surface area (Å²) in [5.74, 6) is 0.248. The molecule has 0 saturated carbocycles. The Morgan fingerprint density at radius 2 is 1.84 bits per heavy atom. The van der Waals surface area contributed by atoms with Crippen molar-refractivity contribution in [3.05, 3.63) is 64.2 Å². The fraction of sp³-hybridized carbons (Fsp3) is 0.364. The van der Waals surface area contributed by atoms with E-state index in [0.717, 1.165) is 27.5 Å². The monoisotopic (exact) mass is 477 g/mol. The van der Waals surface area contributed by atoms with Crippen LogP contribution in [0.2, 0.25) is 5.02 Å². The molecule has 1 fully saturated rings. The molecule has 1 amide bonds. The zero-order valence-electron chi connectivity index (χ0n) is 17.3. The van der Waals surface area contributed by atoms with Crippen LogP contribution in [-0.2, 0) is 21.2 Å². The van der Waals surface area contributed by atoms with Crippen molar-refractivity contribution in [2.24, 2.45) is 4.99 Å². The van der Waals surface area contributed by atoms with E-state index in [1.165, 1.54) is 11.8 Å². The number of amides is 1. The molecule has 0 aliphatic carbocycles. The van der Waals surface area contributed by atoms with Gasteiger partial charge in [-0.15, -0.1) is 0 Å². The third kappa shape index (κ3) is 5.07. The molecule has 0 aromatic heterocycles. The van der Waals surface area contributed by atoms with Crippen molar-refractivity contribution in [3.8, 4) is 0 Å². The summed E-state index contributed by atoms with van der Waals surface area (Å²) in [4.78, 5) is 19.3. The van der Waals surface area contributed by atoms with Crippen LogP contribution < -0.4 is 5.32 Å². The van der Waals surface area contributed by atoms with Crippen LogP contribution in [-0.4, -0.2) is 53.7 Å². The zero-order chi connectivity index (χ0) is 22.2. The minimum Gasteiger partial charge on any atom is -0.341 e. The number of hydrogen-bond donors (Lipinski definition) is 1. The second-order valence-electron chi connectivity index (χ2n) is 7.98. The molecule has 6 nitrogen and oxygen atoms in total. The summed E-state index contributed by atoms with van der Waals surface area (Å²) in [6.45, 7) is 4.46. The van der Waals surface area contributed by atoms with Gasteiger partial charge < -0.3 is 10.2 Å². The van der Waals surface area contributed by atoms with E-state index in [1.807, 2.05) is 61.2 Å². The number of sulfone groups is 1. The second kappa shape index (κ2) is 8.84. The van der Waals surface area contributed by atoms with E-state index in [-0.39, 0.29) is 35.2 Å². The maximum atomic E-state index is 12.6. The lowest BCUT2D eigenvalue weighted by atomic mass is 10.1. The SMILES string of the molecule is Cc1cccc(C)c1NC(=O)CSC1=N[C@H]2CS(=O)(=O)C[C@@H]2N1Cc1ccc(Cl)cc1. The van der Waals surface area contributed by atoms with Gasteiger partial charge in [-0.05, 0) is 42.7 Å². The van der Waals surface area contributed by atoms with Crippen LogP contribution in [0, 0.1) is 13.8 Å². The minimum atomic E-state index is -3.10. The number of amidine groups is 1. The van der Waals surface area contributed by atoms with E-state index in [9.17, 15) is 13.2 Å². The third-order valence-electron chi connectivity index (χ3n) is 5.56. The van der Waals surface area contributed by atoms with Crippen LogP contribution in [0.1, 0.15) is 16.7 Å². The van der Waals surface area contributed by atoms with Crippen molar-refractivity contribution >= 4 is 50.0 Å². The van der Waals surface area contributed by atoms with E-state index < -0.39 is 9.84 Å². The number of halogens is 1. The number of thioether (sulfide) groups is 1. The molecular formula is C22H24ClN3O3S2. The third-order valence-corrected chi connectivity index (χ3v) is 8.52. The van der Waals surface area contributed by atoms with Crippen LogP contribution in [0.5, 0.6) is 0 Å². The van der Waals surface area contributed by atoms with Gasteiger partial charge in [0.2, 0.25) is 5.91 Å². The Kier molecular flexibility index (Phi) is 6.32. The van der Waals surface area contributed by atoms with E-state index in [4.69, 9.17) is 11.6 Å². The molecule has 2 aromatic carbocycles. The number of fused-ring (bicyclic) bond motifs is 1. The van der Waals surface area contributed by atoms with Crippen molar-refractivity contribution in [1.82, 2.24) is 4.90 Å². The molecule has 0 unspecified atom stereocenters. The van der Waals surface area contributed by atoms with Gasteiger partial charge in [0.25, 0.3) is 0 Å². The Morgan fingerprint density at radius 3 is 2.52 bits per heavy atom. The van der Waals surface area contributed by atoms with Crippen molar-refractivity contribution in [2.75, 3.05) is 22.6 Å². The first-order valence-electron chi connectivity index (χ1n) is 10.00. The average molecular weight is 478 g/mol. The van der Waals surface area contributed by atoms with E-state index in [0.29, 0.717) is 11.6 Å². The van der Waals surface area contributed by atoms with Gasteiger partial charge in [-0.1, -0.05) is 53.7 Å². The van der Waals surface area contributed by atoms with Crippen molar-refractivity contribution < 1.29 is 13.2 Å². The van der Waals surface area contributed by atoms with Gasteiger partial charge in [0.15, 0.2) is 15.0 Å². The predicted molar refractivity (Wildman–Crippen MR) is 128 cm³/mol. The van der Waals surface area contributed by atoms with E-state index in [1.54, 1.807) is 0 Å². The maximum absolute atomic E-state index is 12.6. The first-order chi connectivity index (χ1) is 14.7. The summed E-state index contributed by atoms with van der Waals surface area (Å²) in [5, 5.41) is 4.36. The van der Waals surface area contributed by atoms with Crippen LogP contribution >= 0.6 is 23.4 Å². The highest BCUT2D eigenvalue weighted by Gasteiger charge is 2.46. The number of carbonyl (C=O) groups is 1. The highest BCUT2D eigenvalue weighted by molar-refractivity contribution is 8.14. The summed E-state index contributed by atoms with van der Waals surface area (Å²) >= 11 is 7.35. The molecular weight excluding hydrogens is 454 g/mol. The molecule has 2 aromatic rings. The van der Waals surface area contributed by atoms with Crippen LogP contribution in [0.25, 0.3) is 0 Å². The normalized spacial score (nSPS) is 21.6. The molecule has 2 atom stereocenters. The topological polar surface area (TPSA) is 78.8 Å². The van der Waals surface area contributed by atoms with E-state index >= 15 is 0 Å². The molecule has 9 heteroatoms. The lowest BCUT2D eigenvalue weighted by molar-refractivity contribution is -0.113. The zero-order valence-corrected chi connectivity index (χ0v) is 19.7. The average Bonchev–Trinajstić information content (AvgIpc) is 3.17. The molecule has 2 aliphatic heterocycles. The number of nitrogens with zero attached hydrogens (tertiary/aromatic N) is 2. The molecule has 0 bridgehead atoms. The standard InChI is InChI=1S/C22H24ClN3O3S2/c1-14-4-3-5-15(2)21(14)25-20(27)11-30-22-24-18-12-31(28,29)13-19(18)26(22)10-16-6-8-17(23)9-7-16/h3-9,18-19H,10-13H2,1-2H3,(H,25,27)/t18-,19-/m0/s1. The van der Waals surface area contributed by atoms with Gasteiger partial charge in [0.05, 0.1) is 29.3 Å². The van der Waals surface area contributed by atoms with Crippen LogP contribution in [0.15, 0.2) is 47.5 Å². The maximum Gasteiger partial charge on any atom is 0.234 e. The molecule has 4 rings (SSSR count). The summed E-state index contributed by atoms with van der Waals surface area (Å²) in [7, 11) is -3.10. The number of hydrogen-bond acceptors (Lipinski definition) is 6. The smallest absolute Gasteiger partial charge is 0.234 e. The fourth-order valence-corrected chi connectivity index (χ4v) is 6.91. The Bertz CT molecular complexity index is 1110. The van der Waals surface area contributed by atoms with Gasteiger partial charge >= 0.3 is 0 Å².